The zero-order chi connectivity index (χ0) is 19.4. The number of benzene rings is 3. The van der Waals surface area contributed by atoms with E-state index in [4.69, 9.17) is 4.74 Å². The summed E-state index contributed by atoms with van der Waals surface area (Å²) in [6, 6.07) is 14.2. The van der Waals surface area contributed by atoms with E-state index in [9.17, 15) is 13.2 Å². The Balaban J connectivity index is 2.00. The molecule has 140 valence electrons. The van der Waals surface area contributed by atoms with Crippen LogP contribution in [0.25, 0.3) is 22.4 Å². The van der Waals surface area contributed by atoms with E-state index in [1.807, 2.05) is 13.8 Å². The second kappa shape index (κ2) is 8.30. The molecule has 4 heteroatoms. The monoisotopic (exact) mass is 370 g/mol. The van der Waals surface area contributed by atoms with Gasteiger partial charge in [-0.25, -0.2) is 13.2 Å². The highest BCUT2D eigenvalue weighted by Gasteiger charge is 2.17. The largest absolute Gasteiger partial charge is 0.494 e. The van der Waals surface area contributed by atoms with Crippen LogP contribution in [0.1, 0.15) is 37.0 Å². The minimum Gasteiger partial charge on any atom is -0.494 e. The number of fused-ring (bicyclic) bond motifs is 1. The minimum atomic E-state index is -1.20. The lowest BCUT2D eigenvalue weighted by atomic mass is 10.0. The Hall–Kier alpha value is -2.75. The molecule has 0 heterocycles. The summed E-state index contributed by atoms with van der Waals surface area (Å²) in [5, 5.41) is 0.788. The van der Waals surface area contributed by atoms with Crippen molar-refractivity contribution in [2.75, 3.05) is 6.61 Å². The second-order valence-corrected chi connectivity index (χ2v) is 6.32. The van der Waals surface area contributed by atoms with Gasteiger partial charge in [0.25, 0.3) is 0 Å². The first-order valence-corrected chi connectivity index (χ1v) is 9.05. The van der Waals surface area contributed by atoms with E-state index in [2.05, 4.69) is 0 Å². The number of hydrogen-bond acceptors (Lipinski definition) is 1. The van der Waals surface area contributed by atoms with Crippen LogP contribution >= 0.6 is 0 Å². The third kappa shape index (κ3) is 4.00. The summed E-state index contributed by atoms with van der Waals surface area (Å²) in [7, 11) is 0. The summed E-state index contributed by atoms with van der Waals surface area (Å²) in [6.07, 6.45) is 1.84. The van der Waals surface area contributed by atoms with Gasteiger partial charge < -0.3 is 4.74 Å². The molecule has 0 bridgehead atoms. The molecule has 0 aliphatic carbocycles. The summed E-state index contributed by atoms with van der Waals surface area (Å²) < 4.78 is 49.5. The van der Waals surface area contributed by atoms with Gasteiger partial charge in [0, 0.05) is 16.5 Å². The van der Waals surface area contributed by atoms with Crippen molar-refractivity contribution in [3.05, 3.63) is 77.1 Å². The molecule has 0 atom stereocenters. The molecule has 0 radical (unpaired) electrons. The molecular weight excluding hydrogens is 349 g/mol. The van der Waals surface area contributed by atoms with Crippen LogP contribution in [0.15, 0.2) is 54.6 Å². The molecule has 1 nitrogen and oxygen atoms in total. The van der Waals surface area contributed by atoms with E-state index in [1.165, 1.54) is 24.3 Å². The summed E-state index contributed by atoms with van der Waals surface area (Å²) in [5.41, 5.74) is 0.761. The molecule has 0 aliphatic rings. The average Bonchev–Trinajstić information content (AvgIpc) is 2.68. The smallest absolute Gasteiger partial charge is 0.169 e. The zero-order valence-corrected chi connectivity index (χ0v) is 15.4. The second-order valence-electron chi connectivity index (χ2n) is 6.32. The van der Waals surface area contributed by atoms with Gasteiger partial charge >= 0.3 is 0 Å². The maximum absolute atomic E-state index is 14.8. The van der Waals surface area contributed by atoms with Crippen LogP contribution in [0.2, 0.25) is 0 Å². The van der Waals surface area contributed by atoms with Gasteiger partial charge in [0.2, 0.25) is 0 Å². The van der Waals surface area contributed by atoms with Crippen molar-refractivity contribution in [1.82, 2.24) is 0 Å². The Morgan fingerprint density at radius 3 is 2.30 bits per heavy atom. The van der Waals surface area contributed by atoms with Crippen LogP contribution in [-0.2, 0) is 6.42 Å². The van der Waals surface area contributed by atoms with Gasteiger partial charge in [-0.15, -0.1) is 0 Å². The molecule has 0 N–H and O–H groups in total. The van der Waals surface area contributed by atoms with E-state index in [-0.39, 0.29) is 16.5 Å². The lowest BCUT2D eigenvalue weighted by Crippen LogP contribution is -1.94. The third-order valence-corrected chi connectivity index (χ3v) is 4.41. The van der Waals surface area contributed by atoms with Gasteiger partial charge in [-0.05, 0) is 48.6 Å². The maximum Gasteiger partial charge on any atom is 0.169 e. The summed E-state index contributed by atoms with van der Waals surface area (Å²) >= 11 is 0. The zero-order valence-electron chi connectivity index (χ0n) is 15.4. The Kier molecular flexibility index (Phi) is 5.84. The molecule has 0 aliphatic heterocycles. The minimum absolute atomic E-state index is 0.0959. The average molecular weight is 370 g/mol. The number of hydrogen-bond donors (Lipinski definition) is 0. The number of ether oxygens (including phenoxy) is 1. The molecule has 0 unspecified atom stereocenters. The standard InChI is InChI=1S/C23H21F3O/c1-3-5-15-6-8-16(9-7-15)21(24)23(26)20-12-10-17-14-18(27-4-2)11-13-19(17)22(20)25/h6-14H,3-5H2,1-2H3. The Morgan fingerprint density at radius 2 is 1.63 bits per heavy atom. The molecular formula is C23H21F3O. The molecule has 0 amide bonds. The van der Waals surface area contributed by atoms with Crippen molar-refractivity contribution in [2.45, 2.75) is 26.7 Å². The first-order chi connectivity index (χ1) is 13.0. The normalized spacial score (nSPS) is 12.2. The van der Waals surface area contributed by atoms with Crippen LogP contribution in [0.3, 0.4) is 0 Å². The van der Waals surface area contributed by atoms with Crippen LogP contribution in [0.5, 0.6) is 5.75 Å². The quantitative estimate of drug-likeness (QED) is 0.421. The first-order valence-electron chi connectivity index (χ1n) is 9.05. The SMILES string of the molecule is CCCc1ccc(C(F)=C(F)c2ccc3cc(OCC)ccc3c2F)cc1. The predicted molar refractivity (Wildman–Crippen MR) is 105 cm³/mol. The number of rotatable bonds is 6. The van der Waals surface area contributed by atoms with Gasteiger partial charge in [0.1, 0.15) is 11.6 Å². The Morgan fingerprint density at radius 1 is 0.889 bits per heavy atom. The predicted octanol–water partition coefficient (Wildman–Crippen LogP) is 7.09. The van der Waals surface area contributed by atoms with Gasteiger partial charge in [-0.2, -0.15) is 0 Å². The molecule has 0 spiro atoms. The third-order valence-electron chi connectivity index (χ3n) is 4.41. The molecule has 3 rings (SSSR count). The van der Waals surface area contributed by atoms with Crippen LogP contribution in [0.4, 0.5) is 13.2 Å². The van der Waals surface area contributed by atoms with Gasteiger partial charge in [-0.1, -0.05) is 43.7 Å². The van der Waals surface area contributed by atoms with Gasteiger partial charge in [0.15, 0.2) is 11.7 Å². The topological polar surface area (TPSA) is 9.23 Å². The van der Waals surface area contributed by atoms with Crippen molar-refractivity contribution in [2.24, 2.45) is 0 Å². The van der Waals surface area contributed by atoms with Crippen molar-refractivity contribution in [3.8, 4) is 5.75 Å². The molecule has 0 aromatic heterocycles. The summed E-state index contributed by atoms with van der Waals surface area (Å²) in [5.74, 6) is -2.45. The highest BCUT2D eigenvalue weighted by molar-refractivity contribution is 5.91. The fourth-order valence-electron chi connectivity index (χ4n) is 3.05. The molecule has 0 saturated heterocycles. The highest BCUT2D eigenvalue weighted by Crippen LogP contribution is 2.34. The molecule has 0 saturated carbocycles. The van der Waals surface area contributed by atoms with Crippen LogP contribution in [0, 0.1) is 5.82 Å². The number of halogens is 3. The van der Waals surface area contributed by atoms with E-state index < -0.39 is 17.5 Å². The lowest BCUT2D eigenvalue weighted by molar-refractivity contribution is 0.340. The molecule has 0 fully saturated rings. The van der Waals surface area contributed by atoms with Crippen LogP contribution in [-0.4, -0.2) is 6.61 Å². The molecule has 27 heavy (non-hydrogen) atoms. The van der Waals surface area contributed by atoms with Crippen molar-refractivity contribution in [1.29, 1.82) is 0 Å². The molecule has 3 aromatic carbocycles. The lowest BCUT2D eigenvalue weighted by Gasteiger charge is -2.09. The highest BCUT2D eigenvalue weighted by atomic mass is 19.2. The van der Waals surface area contributed by atoms with Crippen LogP contribution < -0.4 is 4.74 Å². The van der Waals surface area contributed by atoms with E-state index in [0.717, 1.165) is 18.4 Å². The maximum atomic E-state index is 14.8. The van der Waals surface area contributed by atoms with Crippen molar-refractivity contribution in [3.63, 3.8) is 0 Å². The molecule has 3 aromatic rings. The summed E-state index contributed by atoms with van der Waals surface area (Å²) in [6.45, 7) is 4.39. The van der Waals surface area contributed by atoms with Gasteiger partial charge in [-0.3, -0.25) is 0 Å². The van der Waals surface area contributed by atoms with Gasteiger partial charge in [0.05, 0.1) is 6.61 Å². The fourth-order valence-corrected chi connectivity index (χ4v) is 3.05. The van der Waals surface area contributed by atoms with E-state index >= 15 is 0 Å². The van der Waals surface area contributed by atoms with E-state index in [0.29, 0.717) is 17.7 Å². The van der Waals surface area contributed by atoms with E-state index in [1.54, 1.807) is 30.3 Å². The summed E-state index contributed by atoms with van der Waals surface area (Å²) in [4.78, 5) is 0. The van der Waals surface area contributed by atoms with Crippen molar-refractivity contribution >= 4 is 22.4 Å². The number of aryl methyl sites for hydroxylation is 1. The fraction of sp³-hybridized carbons (Fsp3) is 0.217. The van der Waals surface area contributed by atoms with Crippen molar-refractivity contribution < 1.29 is 17.9 Å². The Bertz CT molecular complexity index is 975. The Labute approximate surface area is 157 Å². The first kappa shape index (κ1) is 19.0.